The standard InChI is InChI=1S/C16H30N2O/c1-3-13-8-10-15(11-9-13)17-12(2)16(19)18-14-6-4-5-7-14/h12-15,17H,3-11H2,1-2H3,(H,18,19). The van der Waals surface area contributed by atoms with Gasteiger partial charge in [0.05, 0.1) is 6.04 Å². The molecule has 0 aromatic carbocycles. The Morgan fingerprint density at radius 2 is 1.68 bits per heavy atom. The zero-order valence-corrected chi connectivity index (χ0v) is 12.6. The first-order chi connectivity index (χ1) is 9.19. The van der Waals surface area contributed by atoms with E-state index in [1.54, 1.807) is 0 Å². The van der Waals surface area contributed by atoms with E-state index in [1.165, 1.54) is 57.8 Å². The fourth-order valence-corrected chi connectivity index (χ4v) is 3.56. The van der Waals surface area contributed by atoms with Crippen molar-refractivity contribution in [2.45, 2.75) is 89.8 Å². The fraction of sp³-hybridized carbons (Fsp3) is 0.938. The molecule has 2 aliphatic rings. The van der Waals surface area contributed by atoms with Crippen molar-refractivity contribution in [2.24, 2.45) is 5.92 Å². The van der Waals surface area contributed by atoms with E-state index in [9.17, 15) is 4.79 Å². The molecule has 1 amide bonds. The van der Waals surface area contributed by atoms with E-state index < -0.39 is 0 Å². The Labute approximate surface area is 117 Å². The van der Waals surface area contributed by atoms with Gasteiger partial charge in [-0.2, -0.15) is 0 Å². The number of carbonyl (C=O) groups is 1. The predicted molar refractivity (Wildman–Crippen MR) is 79.0 cm³/mol. The highest BCUT2D eigenvalue weighted by molar-refractivity contribution is 5.81. The van der Waals surface area contributed by atoms with Gasteiger partial charge in [0.1, 0.15) is 0 Å². The summed E-state index contributed by atoms with van der Waals surface area (Å²) < 4.78 is 0. The molecule has 2 fully saturated rings. The lowest BCUT2D eigenvalue weighted by atomic mass is 9.84. The molecule has 110 valence electrons. The highest BCUT2D eigenvalue weighted by atomic mass is 16.2. The molecule has 0 spiro atoms. The summed E-state index contributed by atoms with van der Waals surface area (Å²) in [4.78, 5) is 12.1. The number of nitrogens with one attached hydrogen (secondary N) is 2. The Morgan fingerprint density at radius 1 is 1.05 bits per heavy atom. The van der Waals surface area contributed by atoms with Crippen molar-refractivity contribution >= 4 is 5.91 Å². The van der Waals surface area contributed by atoms with Crippen molar-refractivity contribution in [3.8, 4) is 0 Å². The second-order valence-electron chi connectivity index (χ2n) is 6.50. The Bertz CT molecular complexity index is 278. The van der Waals surface area contributed by atoms with E-state index in [4.69, 9.17) is 0 Å². The minimum absolute atomic E-state index is 0.0382. The molecule has 0 aromatic rings. The number of rotatable bonds is 5. The molecular formula is C16H30N2O. The summed E-state index contributed by atoms with van der Waals surface area (Å²) in [6, 6.07) is 0.948. The smallest absolute Gasteiger partial charge is 0.237 e. The van der Waals surface area contributed by atoms with Gasteiger partial charge in [-0.3, -0.25) is 4.79 Å². The molecule has 0 bridgehead atoms. The molecule has 0 aliphatic heterocycles. The van der Waals surface area contributed by atoms with E-state index in [0.717, 1.165) is 5.92 Å². The summed E-state index contributed by atoms with van der Waals surface area (Å²) in [5, 5.41) is 6.71. The van der Waals surface area contributed by atoms with Crippen LogP contribution < -0.4 is 10.6 Å². The summed E-state index contributed by atoms with van der Waals surface area (Å²) in [6.45, 7) is 4.30. The third-order valence-electron chi connectivity index (χ3n) is 5.00. The lowest BCUT2D eigenvalue weighted by Crippen LogP contribution is -2.49. The van der Waals surface area contributed by atoms with Crippen molar-refractivity contribution < 1.29 is 4.79 Å². The molecule has 3 heteroatoms. The Hall–Kier alpha value is -0.570. The normalized spacial score (nSPS) is 30.2. The topological polar surface area (TPSA) is 41.1 Å². The molecule has 2 aliphatic carbocycles. The van der Waals surface area contributed by atoms with Gasteiger partial charge < -0.3 is 10.6 Å². The molecule has 1 unspecified atom stereocenters. The Kier molecular flexibility index (Phi) is 5.68. The van der Waals surface area contributed by atoms with Crippen LogP contribution >= 0.6 is 0 Å². The van der Waals surface area contributed by atoms with Gasteiger partial charge >= 0.3 is 0 Å². The zero-order chi connectivity index (χ0) is 13.7. The highest BCUT2D eigenvalue weighted by Gasteiger charge is 2.25. The molecule has 2 saturated carbocycles. The van der Waals surface area contributed by atoms with Crippen LogP contribution in [0.1, 0.15) is 71.6 Å². The van der Waals surface area contributed by atoms with Crippen molar-refractivity contribution in [3.63, 3.8) is 0 Å². The second-order valence-corrected chi connectivity index (χ2v) is 6.50. The summed E-state index contributed by atoms with van der Waals surface area (Å²) >= 11 is 0. The van der Waals surface area contributed by atoms with Gasteiger partial charge in [-0.1, -0.05) is 26.2 Å². The third kappa shape index (κ3) is 4.48. The van der Waals surface area contributed by atoms with E-state index in [0.29, 0.717) is 12.1 Å². The fourth-order valence-electron chi connectivity index (χ4n) is 3.56. The molecular weight excluding hydrogens is 236 g/mol. The molecule has 3 nitrogen and oxygen atoms in total. The molecule has 0 radical (unpaired) electrons. The van der Waals surface area contributed by atoms with Crippen LogP contribution in [-0.2, 0) is 4.79 Å². The predicted octanol–water partition coefficient (Wildman–Crippen LogP) is 2.99. The Morgan fingerprint density at radius 3 is 2.26 bits per heavy atom. The first-order valence-electron chi connectivity index (χ1n) is 8.25. The second kappa shape index (κ2) is 7.28. The first kappa shape index (κ1) is 14.8. The maximum Gasteiger partial charge on any atom is 0.237 e. The zero-order valence-electron chi connectivity index (χ0n) is 12.6. The van der Waals surface area contributed by atoms with Crippen molar-refractivity contribution in [3.05, 3.63) is 0 Å². The minimum atomic E-state index is -0.0382. The van der Waals surface area contributed by atoms with E-state index in [2.05, 4.69) is 17.6 Å². The van der Waals surface area contributed by atoms with Crippen LogP contribution in [0.4, 0.5) is 0 Å². The molecule has 1 atom stereocenters. The molecule has 0 saturated heterocycles. The molecule has 0 heterocycles. The average molecular weight is 266 g/mol. The average Bonchev–Trinajstić information content (AvgIpc) is 2.92. The quantitative estimate of drug-likeness (QED) is 0.803. The maximum absolute atomic E-state index is 12.1. The maximum atomic E-state index is 12.1. The summed E-state index contributed by atoms with van der Waals surface area (Å²) in [5.74, 6) is 1.12. The van der Waals surface area contributed by atoms with Crippen LogP contribution in [0, 0.1) is 5.92 Å². The van der Waals surface area contributed by atoms with Crippen molar-refractivity contribution in [1.82, 2.24) is 10.6 Å². The molecule has 2 rings (SSSR count). The van der Waals surface area contributed by atoms with Crippen LogP contribution in [0.5, 0.6) is 0 Å². The highest BCUT2D eigenvalue weighted by Crippen LogP contribution is 2.26. The van der Waals surface area contributed by atoms with Gasteiger partial charge in [0, 0.05) is 12.1 Å². The van der Waals surface area contributed by atoms with Crippen LogP contribution in [0.25, 0.3) is 0 Å². The summed E-state index contributed by atoms with van der Waals surface area (Å²) in [7, 11) is 0. The first-order valence-corrected chi connectivity index (χ1v) is 8.25. The number of hydrogen-bond donors (Lipinski definition) is 2. The summed E-state index contributed by atoms with van der Waals surface area (Å²) in [5.41, 5.74) is 0. The largest absolute Gasteiger partial charge is 0.352 e. The Balaban J connectivity index is 1.68. The van der Waals surface area contributed by atoms with Crippen LogP contribution in [0.15, 0.2) is 0 Å². The van der Waals surface area contributed by atoms with Gasteiger partial charge in [0.2, 0.25) is 5.91 Å². The molecule has 19 heavy (non-hydrogen) atoms. The lowest BCUT2D eigenvalue weighted by molar-refractivity contribution is -0.123. The van der Waals surface area contributed by atoms with E-state index >= 15 is 0 Å². The minimum Gasteiger partial charge on any atom is -0.352 e. The SMILES string of the molecule is CCC1CCC(NC(C)C(=O)NC2CCCC2)CC1. The summed E-state index contributed by atoms with van der Waals surface area (Å²) in [6.07, 6.45) is 11.3. The van der Waals surface area contributed by atoms with Gasteiger partial charge in [-0.25, -0.2) is 0 Å². The monoisotopic (exact) mass is 266 g/mol. The van der Waals surface area contributed by atoms with Crippen LogP contribution in [-0.4, -0.2) is 24.0 Å². The van der Waals surface area contributed by atoms with Gasteiger partial charge in [0.15, 0.2) is 0 Å². The van der Waals surface area contributed by atoms with Crippen LogP contribution in [0.3, 0.4) is 0 Å². The number of carbonyl (C=O) groups excluding carboxylic acids is 1. The van der Waals surface area contributed by atoms with E-state index in [-0.39, 0.29) is 11.9 Å². The molecule has 0 aromatic heterocycles. The van der Waals surface area contributed by atoms with Crippen molar-refractivity contribution in [2.75, 3.05) is 0 Å². The number of hydrogen-bond acceptors (Lipinski definition) is 2. The van der Waals surface area contributed by atoms with Crippen LogP contribution in [0.2, 0.25) is 0 Å². The lowest BCUT2D eigenvalue weighted by Gasteiger charge is -2.30. The van der Waals surface area contributed by atoms with E-state index in [1.807, 2.05) is 6.92 Å². The van der Waals surface area contributed by atoms with Crippen molar-refractivity contribution in [1.29, 1.82) is 0 Å². The third-order valence-corrected chi connectivity index (χ3v) is 5.00. The van der Waals surface area contributed by atoms with Gasteiger partial charge in [0.25, 0.3) is 0 Å². The number of amides is 1. The molecule has 2 N–H and O–H groups in total. The van der Waals surface area contributed by atoms with Gasteiger partial charge in [-0.15, -0.1) is 0 Å². The van der Waals surface area contributed by atoms with Gasteiger partial charge in [-0.05, 0) is 51.4 Å².